The van der Waals surface area contributed by atoms with E-state index >= 15 is 0 Å². The predicted octanol–water partition coefficient (Wildman–Crippen LogP) is 1.57. The van der Waals surface area contributed by atoms with E-state index in [0.717, 1.165) is 18.9 Å². The molecule has 0 radical (unpaired) electrons. The molecule has 2 heteroatoms. The topological polar surface area (TPSA) is 21.3 Å². The van der Waals surface area contributed by atoms with Crippen LogP contribution < -0.4 is 5.48 Å². The summed E-state index contributed by atoms with van der Waals surface area (Å²) in [5.41, 5.74) is 2.65. The third-order valence-corrected chi connectivity index (χ3v) is 1.55. The van der Waals surface area contributed by atoms with Crippen LogP contribution in [0.5, 0.6) is 0 Å². The number of hydroxylamine groups is 1. The first-order chi connectivity index (χ1) is 4.31. The second kappa shape index (κ2) is 6.05. The fourth-order valence-electron chi connectivity index (χ4n) is 0.566. The van der Waals surface area contributed by atoms with Gasteiger partial charge in [-0.2, -0.15) is 0 Å². The molecule has 0 heterocycles. The molecule has 56 valence electrons. The first-order valence-electron chi connectivity index (χ1n) is 3.59. The van der Waals surface area contributed by atoms with Crippen LogP contribution in [0.15, 0.2) is 0 Å². The SMILES string of the molecule is CCC(C)CCONC. The molecule has 0 aliphatic rings. The molecule has 0 spiro atoms. The van der Waals surface area contributed by atoms with E-state index in [2.05, 4.69) is 19.3 Å². The fraction of sp³-hybridized carbons (Fsp3) is 1.00. The van der Waals surface area contributed by atoms with Crippen molar-refractivity contribution in [3.63, 3.8) is 0 Å². The van der Waals surface area contributed by atoms with Crippen LogP contribution >= 0.6 is 0 Å². The highest BCUT2D eigenvalue weighted by Crippen LogP contribution is 2.04. The Morgan fingerprint density at radius 3 is 2.67 bits per heavy atom. The van der Waals surface area contributed by atoms with Crippen LogP contribution in [-0.4, -0.2) is 13.7 Å². The van der Waals surface area contributed by atoms with Gasteiger partial charge >= 0.3 is 0 Å². The van der Waals surface area contributed by atoms with Crippen molar-refractivity contribution in [2.75, 3.05) is 13.7 Å². The number of hydrogen-bond acceptors (Lipinski definition) is 2. The van der Waals surface area contributed by atoms with E-state index in [-0.39, 0.29) is 0 Å². The summed E-state index contributed by atoms with van der Waals surface area (Å²) in [7, 11) is 1.79. The average Bonchev–Trinajstić information content (AvgIpc) is 1.89. The minimum Gasteiger partial charge on any atom is -0.302 e. The molecule has 0 rings (SSSR count). The summed E-state index contributed by atoms with van der Waals surface area (Å²) in [4.78, 5) is 4.96. The summed E-state index contributed by atoms with van der Waals surface area (Å²) < 4.78 is 0. The summed E-state index contributed by atoms with van der Waals surface area (Å²) in [5.74, 6) is 0.790. The number of nitrogens with one attached hydrogen (secondary N) is 1. The van der Waals surface area contributed by atoms with Crippen molar-refractivity contribution in [3.05, 3.63) is 0 Å². The molecule has 0 saturated carbocycles. The lowest BCUT2D eigenvalue weighted by atomic mass is 10.1. The fourth-order valence-corrected chi connectivity index (χ4v) is 0.566. The Balaban J connectivity index is 2.88. The molecule has 9 heavy (non-hydrogen) atoms. The molecular weight excluding hydrogens is 114 g/mol. The maximum Gasteiger partial charge on any atom is 0.0684 e. The Morgan fingerprint density at radius 2 is 2.22 bits per heavy atom. The van der Waals surface area contributed by atoms with Crippen molar-refractivity contribution in [3.8, 4) is 0 Å². The highest BCUT2D eigenvalue weighted by atomic mass is 16.6. The van der Waals surface area contributed by atoms with Crippen molar-refractivity contribution in [1.82, 2.24) is 5.48 Å². The molecule has 0 bridgehead atoms. The van der Waals surface area contributed by atoms with E-state index in [9.17, 15) is 0 Å². The monoisotopic (exact) mass is 131 g/mol. The zero-order valence-electron chi connectivity index (χ0n) is 6.61. The zero-order chi connectivity index (χ0) is 7.11. The van der Waals surface area contributed by atoms with Gasteiger partial charge in [-0.25, -0.2) is 5.48 Å². The standard InChI is InChI=1S/C7H17NO/c1-4-7(2)5-6-9-8-3/h7-8H,4-6H2,1-3H3. The van der Waals surface area contributed by atoms with Crippen LogP contribution in [0.4, 0.5) is 0 Å². The average molecular weight is 131 g/mol. The van der Waals surface area contributed by atoms with Crippen LogP contribution in [0.2, 0.25) is 0 Å². The van der Waals surface area contributed by atoms with Gasteiger partial charge in [-0.05, 0) is 12.3 Å². The Bertz CT molecular complexity index is 56.9. The quantitative estimate of drug-likeness (QED) is 0.451. The van der Waals surface area contributed by atoms with Gasteiger partial charge in [0, 0.05) is 7.05 Å². The van der Waals surface area contributed by atoms with E-state index < -0.39 is 0 Å². The minimum absolute atomic E-state index is 0.790. The summed E-state index contributed by atoms with van der Waals surface area (Å²) in [6.45, 7) is 5.26. The van der Waals surface area contributed by atoms with Crippen LogP contribution in [0.25, 0.3) is 0 Å². The molecule has 0 fully saturated rings. The third kappa shape index (κ3) is 5.80. The second-order valence-corrected chi connectivity index (χ2v) is 2.35. The Morgan fingerprint density at radius 1 is 1.56 bits per heavy atom. The molecule has 0 aromatic rings. The van der Waals surface area contributed by atoms with Crippen LogP contribution in [0.1, 0.15) is 26.7 Å². The largest absolute Gasteiger partial charge is 0.302 e. The van der Waals surface area contributed by atoms with E-state index in [1.54, 1.807) is 7.05 Å². The van der Waals surface area contributed by atoms with Gasteiger partial charge in [0.15, 0.2) is 0 Å². The first kappa shape index (κ1) is 8.92. The van der Waals surface area contributed by atoms with Gasteiger partial charge < -0.3 is 4.84 Å². The lowest BCUT2D eigenvalue weighted by molar-refractivity contribution is 0.0492. The van der Waals surface area contributed by atoms with Crippen LogP contribution in [-0.2, 0) is 4.84 Å². The van der Waals surface area contributed by atoms with Crippen molar-refractivity contribution in [1.29, 1.82) is 0 Å². The smallest absolute Gasteiger partial charge is 0.0684 e. The van der Waals surface area contributed by atoms with Crippen LogP contribution in [0, 0.1) is 5.92 Å². The van der Waals surface area contributed by atoms with Gasteiger partial charge in [-0.3, -0.25) is 0 Å². The molecule has 0 amide bonds. The van der Waals surface area contributed by atoms with Gasteiger partial charge in [0.25, 0.3) is 0 Å². The van der Waals surface area contributed by atoms with Gasteiger partial charge in [0.1, 0.15) is 0 Å². The van der Waals surface area contributed by atoms with E-state index in [0.29, 0.717) is 0 Å². The second-order valence-electron chi connectivity index (χ2n) is 2.35. The highest BCUT2D eigenvalue weighted by Gasteiger charge is 1.96. The molecule has 0 saturated heterocycles. The first-order valence-corrected chi connectivity index (χ1v) is 3.59. The van der Waals surface area contributed by atoms with E-state index in [1.165, 1.54) is 6.42 Å². The minimum atomic E-state index is 0.790. The van der Waals surface area contributed by atoms with E-state index in [4.69, 9.17) is 4.84 Å². The maximum absolute atomic E-state index is 4.96. The zero-order valence-corrected chi connectivity index (χ0v) is 6.61. The summed E-state index contributed by atoms with van der Waals surface area (Å²) in [6, 6.07) is 0. The van der Waals surface area contributed by atoms with Crippen LogP contribution in [0.3, 0.4) is 0 Å². The Kier molecular flexibility index (Phi) is 5.99. The van der Waals surface area contributed by atoms with Crippen molar-refractivity contribution >= 4 is 0 Å². The highest BCUT2D eigenvalue weighted by molar-refractivity contribution is 4.46. The van der Waals surface area contributed by atoms with Gasteiger partial charge in [0.05, 0.1) is 6.61 Å². The molecule has 2 nitrogen and oxygen atoms in total. The molecule has 0 aromatic carbocycles. The molecule has 1 unspecified atom stereocenters. The normalized spacial score (nSPS) is 13.7. The molecule has 1 N–H and O–H groups in total. The van der Waals surface area contributed by atoms with E-state index in [1.807, 2.05) is 0 Å². The number of hydrogen-bond donors (Lipinski definition) is 1. The maximum atomic E-state index is 4.96. The summed E-state index contributed by atoms with van der Waals surface area (Å²) >= 11 is 0. The summed E-state index contributed by atoms with van der Waals surface area (Å²) in [5, 5.41) is 0. The molecule has 1 atom stereocenters. The van der Waals surface area contributed by atoms with Crippen molar-refractivity contribution < 1.29 is 4.84 Å². The lowest BCUT2D eigenvalue weighted by Gasteiger charge is -2.06. The lowest BCUT2D eigenvalue weighted by Crippen LogP contribution is -2.10. The van der Waals surface area contributed by atoms with Crippen molar-refractivity contribution in [2.24, 2.45) is 5.92 Å². The van der Waals surface area contributed by atoms with Crippen molar-refractivity contribution in [2.45, 2.75) is 26.7 Å². The van der Waals surface area contributed by atoms with Gasteiger partial charge in [-0.15, -0.1) is 0 Å². The molecule has 0 aromatic heterocycles. The molecule has 0 aliphatic carbocycles. The summed E-state index contributed by atoms with van der Waals surface area (Å²) in [6.07, 6.45) is 2.39. The number of rotatable bonds is 5. The van der Waals surface area contributed by atoms with Gasteiger partial charge in [-0.1, -0.05) is 20.3 Å². The molecular formula is C7H17NO. The third-order valence-electron chi connectivity index (χ3n) is 1.55. The predicted molar refractivity (Wildman–Crippen MR) is 39.1 cm³/mol. The Hall–Kier alpha value is -0.0800. The Labute approximate surface area is 57.5 Å². The molecule has 0 aliphatic heterocycles. The van der Waals surface area contributed by atoms with Gasteiger partial charge in [0.2, 0.25) is 0 Å².